The average molecular weight is 430 g/mol. The third-order valence-electron chi connectivity index (χ3n) is 5.50. The molecule has 0 radical (unpaired) electrons. The SMILES string of the molecule is CN(C)c1ccc(CCCNC(=O)C(c2ccccc2)N2CCS(=O)(=O)CC2)cc1. The Kier molecular flexibility index (Phi) is 7.50. The molecule has 7 heteroatoms. The smallest absolute Gasteiger partial charge is 0.241 e. The maximum atomic E-state index is 13.0. The molecule has 1 fully saturated rings. The molecule has 1 atom stereocenters. The van der Waals surface area contributed by atoms with Crippen LogP contribution in [0.15, 0.2) is 54.6 Å². The maximum Gasteiger partial charge on any atom is 0.241 e. The minimum absolute atomic E-state index is 0.0662. The Morgan fingerprint density at radius 2 is 1.67 bits per heavy atom. The second-order valence-electron chi connectivity index (χ2n) is 7.96. The zero-order valence-corrected chi connectivity index (χ0v) is 18.6. The van der Waals surface area contributed by atoms with E-state index in [1.54, 1.807) is 0 Å². The summed E-state index contributed by atoms with van der Waals surface area (Å²) in [4.78, 5) is 17.1. The van der Waals surface area contributed by atoms with Gasteiger partial charge in [-0.1, -0.05) is 42.5 Å². The first-order chi connectivity index (χ1) is 14.4. The molecule has 1 N–H and O–H groups in total. The van der Waals surface area contributed by atoms with E-state index in [1.807, 2.05) is 49.3 Å². The Morgan fingerprint density at radius 3 is 2.27 bits per heavy atom. The molecule has 162 valence electrons. The van der Waals surface area contributed by atoms with E-state index in [0.29, 0.717) is 19.6 Å². The first kappa shape index (κ1) is 22.3. The van der Waals surface area contributed by atoms with Crippen LogP contribution in [0.25, 0.3) is 0 Å². The summed E-state index contributed by atoms with van der Waals surface area (Å²) >= 11 is 0. The molecule has 30 heavy (non-hydrogen) atoms. The molecule has 3 rings (SSSR count). The van der Waals surface area contributed by atoms with E-state index in [1.165, 1.54) is 11.3 Å². The number of hydrogen-bond donors (Lipinski definition) is 1. The van der Waals surface area contributed by atoms with Crippen molar-refractivity contribution in [3.8, 4) is 0 Å². The van der Waals surface area contributed by atoms with Crippen LogP contribution in [0, 0.1) is 0 Å². The molecule has 0 bridgehead atoms. The van der Waals surface area contributed by atoms with Crippen LogP contribution in [0.3, 0.4) is 0 Å². The van der Waals surface area contributed by atoms with E-state index in [9.17, 15) is 13.2 Å². The Balaban J connectivity index is 1.57. The van der Waals surface area contributed by atoms with Crippen LogP contribution < -0.4 is 10.2 Å². The fourth-order valence-corrected chi connectivity index (χ4v) is 4.94. The monoisotopic (exact) mass is 429 g/mol. The first-order valence-corrected chi connectivity index (χ1v) is 12.2. The number of carbonyl (C=O) groups is 1. The summed E-state index contributed by atoms with van der Waals surface area (Å²) in [6, 6.07) is 17.6. The molecule has 0 aliphatic carbocycles. The molecule has 0 saturated carbocycles. The number of hydrogen-bond acceptors (Lipinski definition) is 5. The first-order valence-electron chi connectivity index (χ1n) is 10.4. The summed E-state index contributed by atoms with van der Waals surface area (Å²) in [6.07, 6.45) is 1.74. The molecule has 1 amide bonds. The number of nitrogens with zero attached hydrogens (tertiary/aromatic N) is 2. The van der Waals surface area contributed by atoms with Gasteiger partial charge < -0.3 is 10.2 Å². The van der Waals surface area contributed by atoms with Gasteiger partial charge in [0.15, 0.2) is 9.84 Å². The summed E-state index contributed by atoms with van der Waals surface area (Å²) in [5, 5.41) is 3.06. The van der Waals surface area contributed by atoms with E-state index in [4.69, 9.17) is 0 Å². The molecule has 2 aromatic rings. The number of sulfone groups is 1. The van der Waals surface area contributed by atoms with Crippen molar-refractivity contribution >= 4 is 21.4 Å². The molecule has 0 spiro atoms. The van der Waals surface area contributed by atoms with Gasteiger partial charge in [-0.3, -0.25) is 9.69 Å². The molecule has 1 saturated heterocycles. The highest BCUT2D eigenvalue weighted by Crippen LogP contribution is 2.23. The van der Waals surface area contributed by atoms with E-state index in [0.717, 1.165) is 18.4 Å². The fourth-order valence-electron chi connectivity index (χ4n) is 3.71. The topological polar surface area (TPSA) is 69.7 Å². The molecule has 1 aliphatic rings. The summed E-state index contributed by atoms with van der Waals surface area (Å²) in [5.74, 6) is 0.141. The lowest BCUT2D eigenvalue weighted by molar-refractivity contribution is -0.126. The Morgan fingerprint density at radius 1 is 1.03 bits per heavy atom. The molecular formula is C23H31N3O3S. The predicted molar refractivity (Wildman–Crippen MR) is 122 cm³/mol. The zero-order valence-electron chi connectivity index (χ0n) is 17.8. The number of benzene rings is 2. The van der Waals surface area contributed by atoms with Crippen molar-refractivity contribution in [3.63, 3.8) is 0 Å². The summed E-state index contributed by atoms with van der Waals surface area (Å²) < 4.78 is 23.6. The van der Waals surface area contributed by atoms with Crippen molar-refractivity contribution in [2.24, 2.45) is 0 Å². The number of rotatable bonds is 8. The van der Waals surface area contributed by atoms with Gasteiger partial charge in [0, 0.05) is 39.4 Å². The summed E-state index contributed by atoms with van der Waals surface area (Å²) in [5.41, 5.74) is 3.31. The van der Waals surface area contributed by atoms with Gasteiger partial charge in [-0.15, -0.1) is 0 Å². The van der Waals surface area contributed by atoms with Gasteiger partial charge >= 0.3 is 0 Å². The summed E-state index contributed by atoms with van der Waals surface area (Å²) in [6.45, 7) is 1.35. The highest BCUT2D eigenvalue weighted by Gasteiger charge is 2.32. The molecule has 2 aromatic carbocycles. The van der Waals surface area contributed by atoms with Crippen LogP contribution >= 0.6 is 0 Å². The third kappa shape index (κ3) is 6.06. The molecule has 0 aromatic heterocycles. The van der Waals surface area contributed by atoms with Crippen molar-refractivity contribution in [3.05, 3.63) is 65.7 Å². The largest absolute Gasteiger partial charge is 0.378 e. The van der Waals surface area contributed by atoms with Gasteiger partial charge in [-0.25, -0.2) is 8.42 Å². The highest BCUT2D eigenvalue weighted by molar-refractivity contribution is 7.91. The van der Waals surface area contributed by atoms with Crippen molar-refractivity contribution in [1.29, 1.82) is 0 Å². The highest BCUT2D eigenvalue weighted by atomic mass is 32.2. The summed E-state index contributed by atoms with van der Waals surface area (Å²) in [7, 11) is 1.05. The van der Waals surface area contributed by atoms with Crippen LogP contribution in [-0.4, -0.2) is 64.5 Å². The number of amides is 1. The van der Waals surface area contributed by atoms with E-state index in [2.05, 4.69) is 34.5 Å². The number of carbonyl (C=O) groups excluding carboxylic acids is 1. The Hall–Kier alpha value is -2.38. The van der Waals surface area contributed by atoms with E-state index >= 15 is 0 Å². The Labute approximate surface area is 179 Å². The van der Waals surface area contributed by atoms with Gasteiger partial charge in [0.05, 0.1) is 11.5 Å². The van der Waals surface area contributed by atoms with Crippen LogP contribution in [0.5, 0.6) is 0 Å². The lowest BCUT2D eigenvalue weighted by Gasteiger charge is -2.33. The lowest BCUT2D eigenvalue weighted by atomic mass is 10.0. The van der Waals surface area contributed by atoms with E-state index in [-0.39, 0.29) is 17.4 Å². The van der Waals surface area contributed by atoms with Crippen molar-refractivity contribution < 1.29 is 13.2 Å². The Bertz CT molecular complexity index is 914. The van der Waals surface area contributed by atoms with Crippen LogP contribution in [-0.2, 0) is 21.1 Å². The average Bonchev–Trinajstić information content (AvgIpc) is 2.74. The quantitative estimate of drug-likeness (QED) is 0.652. The van der Waals surface area contributed by atoms with Crippen molar-refractivity contribution in [1.82, 2.24) is 10.2 Å². The standard InChI is InChI=1S/C23H31N3O3S/c1-25(2)21-12-10-19(11-13-21)7-6-14-24-23(27)22(20-8-4-3-5-9-20)26-15-17-30(28,29)18-16-26/h3-5,8-13,22H,6-7,14-18H2,1-2H3,(H,24,27). The molecular weight excluding hydrogens is 398 g/mol. The fraction of sp³-hybridized carbons (Fsp3) is 0.435. The number of nitrogens with one attached hydrogen (secondary N) is 1. The van der Waals surface area contributed by atoms with Gasteiger partial charge in [0.25, 0.3) is 0 Å². The number of anilines is 1. The van der Waals surface area contributed by atoms with Gasteiger partial charge in [-0.2, -0.15) is 0 Å². The molecule has 6 nitrogen and oxygen atoms in total. The second kappa shape index (κ2) is 10.1. The molecule has 1 unspecified atom stereocenters. The van der Waals surface area contributed by atoms with Crippen LogP contribution in [0.4, 0.5) is 5.69 Å². The van der Waals surface area contributed by atoms with Gasteiger partial charge in [0.1, 0.15) is 6.04 Å². The lowest BCUT2D eigenvalue weighted by Crippen LogP contribution is -2.47. The van der Waals surface area contributed by atoms with Crippen molar-refractivity contribution in [2.45, 2.75) is 18.9 Å². The minimum Gasteiger partial charge on any atom is -0.378 e. The van der Waals surface area contributed by atoms with Crippen molar-refractivity contribution in [2.75, 3.05) is 50.1 Å². The molecule has 1 heterocycles. The minimum atomic E-state index is -2.99. The van der Waals surface area contributed by atoms with Gasteiger partial charge in [0.2, 0.25) is 5.91 Å². The predicted octanol–water partition coefficient (Wildman–Crippen LogP) is 2.27. The molecule has 1 aliphatic heterocycles. The maximum absolute atomic E-state index is 13.0. The number of aryl methyl sites for hydroxylation is 1. The third-order valence-corrected chi connectivity index (χ3v) is 7.11. The van der Waals surface area contributed by atoms with Crippen LogP contribution in [0.1, 0.15) is 23.6 Å². The second-order valence-corrected chi connectivity index (χ2v) is 10.3. The normalized spacial score (nSPS) is 17.3. The zero-order chi connectivity index (χ0) is 21.6. The van der Waals surface area contributed by atoms with E-state index < -0.39 is 15.9 Å². The van der Waals surface area contributed by atoms with Gasteiger partial charge in [-0.05, 0) is 36.1 Å². The van der Waals surface area contributed by atoms with Crippen LogP contribution in [0.2, 0.25) is 0 Å².